The molecule has 0 unspecified atom stereocenters. The lowest BCUT2D eigenvalue weighted by Gasteiger charge is -2.15. The van der Waals surface area contributed by atoms with Crippen LogP contribution in [0.2, 0.25) is 10.0 Å². The lowest BCUT2D eigenvalue weighted by molar-refractivity contribution is -0.114. The van der Waals surface area contributed by atoms with E-state index in [0.717, 1.165) is 17.8 Å². The first-order valence-corrected chi connectivity index (χ1v) is 7.92. The van der Waals surface area contributed by atoms with Crippen molar-refractivity contribution < 1.29 is 4.79 Å². The number of hydrogen-bond donors (Lipinski definition) is 1. The van der Waals surface area contributed by atoms with Gasteiger partial charge in [-0.2, -0.15) is 0 Å². The number of carbonyl (C=O) groups excluding carboxylic acids is 1. The lowest BCUT2D eigenvalue weighted by atomic mass is 10.2. The van der Waals surface area contributed by atoms with Crippen molar-refractivity contribution in [2.45, 2.75) is 20.0 Å². The van der Waals surface area contributed by atoms with Gasteiger partial charge in [0.2, 0.25) is 5.91 Å². The van der Waals surface area contributed by atoms with Gasteiger partial charge in [-0.05, 0) is 24.7 Å². The average Bonchev–Trinajstić information content (AvgIpc) is 2.80. The molecule has 0 saturated heterocycles. The van der Waals surface area contributed by atoms with Gasteiger partial charge in [0.05, 0.1) is 15.7 Å². The van der Waals surface area contributed by atoms with Gasteiger partial charge in [-0.15, -0.1) is 11.3 Å². The first-order valence-electron chi connectivity index (χ1n) is 6.28. The topological polar surface area (TPSA) is 45.2 Å². The zero-order valence-electron chi connectivity index (χ0n) is 11.7. The van der Waals surface area contributed by atoms with Gasteiger partial charge in [-0.25, -0.2) is 4.98 Å². The summed E-state index contributed by atoms with van der Waals surface area (Å²) in [7, 11) is 2.00. The van der Waals surface area contributed by atoms with Crippen molar-refractivity contribution in [1.29, 1.82) is 0 Å². The Labute approximate surface area is 137 Å². The molecule has 4 nitrogen and oxygen atoms in total. The fourth-order valence-corrected chi connectivity index (χ4v) is 2.94. The first-order chi connectivity index (χ1) is 9.94. The Morgan fingerprint density at radius 2 is 2.10 bits per heavy atom. The van der Waals surface area contributed by atoms with E-state index in [4.69, 9.17) is 23.2 Å². The van der Waals surface area contributed by atoms with E-state index in [1.165, 1.54) is 18.3 Å². The van der Waals surface area contributed by atoms with Gasteiger partial charge in [0.25, 0.3) is 0 Å². The van der Waals surface area contributed by atoms with Crippen molar-refractivity contribution in [2.24, 2.45) is 0 Å². The monoisotopic (exact) mass is 343 g/mol. The molecule has 0 saturated carbocycles. The van der Waals surface area contributed by atoms with Crippen LogP contribution < -0.4 is 5.32 Å². The summed E-state index contributed by atoms with van der Waals surface area (Å²) < 4.78 is 0. The fourth-order valence-electron chi connectivity index (χ4n) is 1.87. The van der Waals surface area contributed by atoms with E-state index in [1.54, 1.807) is 6.07 Å². The number of nitrogens with one attached hydrogen (secondary N) is 1. The van der Waals surface area contributed by atoms with Crippen LogP contribution in [-0.2, 0) is 17.9 Å². The lowest BCUT2D eigenvalue weighted by Crippen LogP contribution is -2.17. The Bertz CT molecular complexity index is 645. The molecule has 0 spiro atoms. The highest BCUT2D eigenvalue weighted by Crippen LogP contribution is 2.23. The molecular formula is C14H15Cl2N3OS. The molecule has 0 atom stereocenters. The van der Waals surface area contributed by atoms with Crippen molar-refractivity contribution >= 4 is 45.6 Å². The van der Waals surface area contributed by atoms with Gasteiger partial charge in [0.1, 0.15) is 0 Å². The van der Waals surface area contributed by atoms with Crippen LogP contribution in [0.5, 0.6) is 0 Å². The molecule has 1 heterocycles. The average molecular weight is 344 g/mol. The molecular weight excluding hydrogens is 329 g/mol. The van der Waals surface area contributed by atoms with Crippen LogP contribution in [0, 0.1) is 0 Å². The van der Waals surface area contributed by atoms with Gasteiger partial charge >= 0.3 is 0 Å². The van der Waals surface area contributed by atoms with Crippen molar-refractivity contribution in [3.05, 3.63) is 44.9 Å². The van der Waals surface area contributed by atoms with Crippen molar-refractivity contribution in [1.82, 2.24) is 9.88 Å². The van der Waals surface area contributed by atoms with Crippen LogP contribution >= 0.6 is 34.5 Å². The van der Waals surface area contributed by atoms with Crippen LogP contribution in [0.4, 0.5) is 5.13 Å². The highest BCUT2D eigenvalue weighted by atomic mass is 35.5. The predicted octanol–water partition coefficient (Wildman–Crippen LogP) is 4.04. The molecule has 1 amide bonds. The Balaban J connectivity index is 1.94. The summed E-state index contributed by atoms with van der Waals surface area (Å²) in [6.45, 7) is 2.90. The standard InChI is InChI=1S/C14H15Cl2N3OS/c1-9(20)17-14-18-11(8-21-14)7-19(2)6-10-3-4-12(15)13(16)5-10/h3-5,8H,6-7H2,1-2H3,(H,17,18,20). The van der Waals surface area contributed by atoms with Crippen molar-refractivity contribution in [2.75, 3.05) is 12.4 Å². The molecule has 1 N–H and O–H groups in total. The Kier molecular flexibility index (Phi) is 5.58. The number of rotatable bonds is 5. The largest absolute Gasteiger partial charge is 0.302 e. The second-order valence-electron chi connectivity index (χ2n) is 4.75. The zero-order chi connectivity index (χ0) is 15.4. The summed E-state index contributed by atoms with van der Waals surface area (Å²) in [5.41, 5.74) is 2.01. The van der Waals surface area contributed by atoms with Gasteiger partial charge in [0.15, 0.2) is 5.13 Å². The summed E-state index contributed by atoms with van der Waals surface area (Å²) in [6, 6.07) is 5.61. The molecule has 2 aromatic rings. The fraction of sp³-hybridized carbons (Fsp3) is 0.286. The number of amides is 1. The molecule has 7 heteroatoms. The number of anilines is 1. The number of hydrogen-bond acceptors (Lipinski definition) is 4. The maximum absolute atomic E-state index is 11.0. The maximum Gasteiger partial charge on any atom is 0.223 e. The van der Waals surface area contributed by atoms with Crippen LogP contribution in [0.15, 0.2) is 23.6 Å². The van der Waals surface area contributed by atoms with E-state index in [2.05, 4.69) is 15.2 Å². The zero-order valence-corrected chi connectivity index (χ0v) is 14.0. The SMILES string of the molecule is CC(=O)Nc1nc(CN(C)Cc2ccc(Cl)c(Cl)c2)cs1. The van der Waals surface area contributed by atoms with E-state index in [1.807, 2.05) is 24.6 Å². The third kappa shape index (κ3) is 4.97. The van der Waals surface area contributed by atoms with Gasteiger partial charge in [0, 0.05) is 25.4 Å². The first kappa shape index (κ1) is 16.2. The Morgan fingerprint density at radius 3 is 2.76 bits per heavy atom. The normalized spacial score (nSPS) is 10.9. The van der Waals surface area contributed by atoms with Crippen LogP contribution in [0.25, 0.3) is 0 Å². The van der Waals surface area contributed by atoms with Crippen molar-refractivity contribution in [3.63, 3.8) is 0 Å². The smallest absolute Gasteiger partial charge is 0.223 e. The molecule has 112 valence electrons. The number of halogens is 2. The molecule has 0 aliphatic rings. The molecule has 0 bridgehead atoms. The van der Waals surface area contributed by atoms with Crippen LogP contribution in [-0.4, -0.2) is 22.8 Å². The Hall–Kier alpha value is -1.14. The highest BCUT2D eigenvalue weighted by Gasteiger charge is 2.08. The third-order valence-corrected chi connectivity index (χ3v) is 4.25. The number of aromatic nitrogens is 1. The van der Waals surface area contributed by atoms with Crippen molar-refractivity contribution in [3.8, 4) is 0 Å². The van der Waals surface area contributed by atoms with Crippen LogP contribution in [0.1, 0.15) is 18.2 Å². The second-order valence-corrected chi connectivity index (χ2v) is 6.42. The van der Waals surface area contributed by atoms with Gasteiger partial charge < -0.3 is 5.32 Å². The van der Waals surface area contributed by atoms with Gasteiger partial charge in [-0.3, -0.25) is 9.69 Å². The number of benzene rings is 1. The van der Waals surface area contributed by atoms with E-state index < -0.39 is 0 Å². The van der Waals surface area contributed by atoms with Gasteiger partial charge in [-0.1, -0.05) is 29.3 Å². The Morgan fingerprint density at radius 1 is 1.33 bits per heavy atom. The number of carbonyl (C=O) groups is 1. The molecule has 0 aliphatic heterocycles. The molecule has 21 heavy (non-hydrogen) atoms. The molecule has 1 aromatic carbocycles. The molecule has 0 radical (unpaired) electrons. The summed E-state index contributed by atoms with van der Waals surface area (Å²) in [5.74, 6) is -0.111. The van der Waals surface area contributed by atoms with E-state index >= 15 is 0 Å². The van der Waals surface area contributed by atoms with E-state index in [0.29, 0.717) is 21.7 Å². The second kappa shape index (κ2) is 7.22. The highest BCUT2D eigenvalue weighted by molar-refractivity contribution is 7.13. The van der Waals surface area contributed by atoms with Crippen LogP contribution in [0.3, 0.4) is 0 Å². The number of thiazole rings is 1. The molecule has 1 aromatic heterocycles. The minimum absolute atomic E-state index is 0.111. The molecule has 2 rings (SSSR count). The summed E-state index contributed by atoms with van der Waals surface area (Å²) in [5, 5.41) is 6.36. The molecule has 0 fully saturated rings. The summed E-state index contributed by atoms with van der Waals surface area (Å²) >= 11 is 13.3. The molecule has 0 aliphatic carbocycles. The minimum atomic E-state index is -0.111. The predicted molar refractivity (Wildman–Crippen MR) is 88.1 cm³/mol. The number of nitrogens with zero attached hydrogens (tertiary/aromatic N) is 2. The van der Waals surface area contributed by atoms with E-state index in [9.17, 15) is 4.79 Å². The quantitative estimate of drug-likeness (QED) is 0.890. The summed E-state index contributed by atoms with van der Waals surface area (Å²) in [6.07, 6.45) is 0. The third-order valence-electron chi connectivity index (χ3n) is 2.70. The minimum Gasteiger partial charge on any atom is -0.302 e. The maximum atomic E-state index is 11.0. The van der Waals surface area contributed by atoms with E-state index in [-0.39, 0.29) is 5.91 Å². The summed E-state index contributed by atoms with van der Waals surface area (Å²) in [4.78, 5) is 17.4.